The maximum atomic E-state index is 12.6. The van der Waals surface area contributed by atoms with E-state index in [1.807, 2.05) is 42.6 Å². The van der Waals surface area contributed by atoms with Gasteiger partial charge in [-0.2, -0.15) is 5.10 Å². The molecule has 11 heteroatoms. The van der Waals surface area contributed by atoms with Crippen LogP contribution in [0, 0.1) is 11.7 Å². The van der Waals surface area contributed by atoms with Crippen molar-refractivity contribution in [1.82, 2.24) is 24.6 Å². The van der Waals surface area contributed by atoms with Crippen LogP contribution in [0.4, 0.5) is 5.13 Å². The van der Waals surface area contributed by atoms with E-state index in [1.54, 1.807) is 29.8 Å². The van der Waals surface area contributed by atoms with Gasteiger partial charge in [0, 0.05) is 28.6 Å². The molecule has 174 valence electrons. The molecule has 0 atom stereocenters. The summed E-state index contributed by atoms with van der Waals surface area (Å²) in [5.41, 5.74) is 3.14. The van der Waals surface area contributed by atoms with Gasteiger partial charge in [-0.25, -0.2) is 9.67 Å². The molecule has 4 rings (SSSR count). The Morgan fingerprint density at radius 3 is 2.62 bits per heavy atom. The zero-order valence-corrected chi connectivity index (χ0v) is 20.8. The van der Waals surface area contributed by atoms with Crippen LogP contribution in [0.1, 0.15) is 21.7 Å². The normalized spacial score (nSPS) is 10.8. The Balaban J connectivity index is 1.39. The first-order valence-corrected chi connectivity index (χ1v) is 12.0. The van der Waals surface area contributed by atoms with E-state index >= 15 is 0 Å². The molecule has 0 radical (unpaired) electrons. The molecule has 2 aromatic heterocycles. The van der Waals surface area contributed by atoms with Gasteiger partial charge in [0.1, 0.15) is 6.54 Å². The van der Waals surface area contributed by atoms with E-state index in [-0.39, 0.29) is 24.9 Å². The molecule has 2 amide bonds. The minimum Gasteiger partial charge on any atom is -0.345 e. The predicted octanol–water partition coefficient (Wildman–Crippen LogP) is 4.61. The maximum Gasteiger partial charge on any atom is 0.251 e. The van der Waals surface area contributed by atoms with Gasteiger partial charge in [0.2, 0.25) is 5.91 Å². The lowest BCUT2D eigenvalue weighted by atomic mass is 10.1. The maximum absolute atomic E-state index is 12.6. The van der Waals surface area contributed by atoms with E-state index in [4.69, 9.17) is 23.8 Å². The Morgan fingerprint density at radius 1 is 1.15 bits per heavy atom. The number of rotatable bonds is 7. The first kappa shape index (κ1) is 23.8. The van der Waals surface area contributed by atoms with E-state index in [0.29, 0.717) is 26.3 Å². The third-order valence-electron chi connectivity index (χ3n) is 5.11. The molecule has 0 aliphatic carbocycles. The second-order valence-corrected chi connectivity index (χ2v) is 9.17. The lowest BCUT2D eigenvalue weighted by Gasteiger charge is -2.06. The van der Waals surface area contributed by atoms with Gasteiger partial charge >= 0.3 is 0 Å². The molecule has 0 aliphatic heterocycles. The van der Waals surface area contributed by atoms with Gasteiger partial charge in [0.05, 0.1) is 12.2 Å². The number of carbonyl (C=O) groups is 2. The highest BCUT2D eigenvalue weighted by molar-refractivity contribution is 7.71. The van der Waals surface area contributed by atoms with Gasteiger partial charge in [-0.1, -0.05) is 41.9 Å². The summed E-state index contributed by atoms with van der Waals surface area (Å²) in [5.74, 6) is 0.0392. The quantitative estimate of drug-likeness (QED) is 0.353. The van der Waals surface area contributed by atoms with Crippen LogP contribution in [0.2, 0.25) is 5.02 Å². The minimum absolute atomic E-state index is 0.0751. The molecule has 0 fully saturated rings. The molecule has 2 heterocycles. The number of carbonyl (C=O) groups excluding carboxylic acids is 2. The Bertz CT molecular complexity index is 1410. The SMILES string of the molecule is Cc1ccccc1C(=O)NCc1nn(CC(=O)Nc2nc(-c3ccc(Cl)cc3)cs2)c(=S)n1C. The smallest absolute Gasteiger partial charge is 0.251 e. The van der Waals surface area contributed by atoms with Gasteiger partial charge in [-0.05, 0) is 42.9 Å². The van der Waals surface area contributed by atoms with Crippen LogP contribution in [0.25, 0.3) is 11.3 Å². The standard InChI is InChI=1S/C23H21ClN6O2S2/c1-14-5-3-4-6-17(14)21(32)25-11-19-28-30(23(33)29(19)2)12-20(31)27-22-26-18(13-34-22)15-7-9-16(24)10-8-15/h3-10,13H,11-12H2,1-2H3,(H,25,32)(H,26,27,31). The van der Waals surface area contributed by atoms with Crippen molar-refractivity contribution < 1.29 is 9.59 Å². The number of nitrogens with zero attached hydrogens (tertiary/aromatic N) is 4. The molecule has 0 bridgehead atoms. The van der Waals surface area contributed by atoms with E-state index in [9.17, 15) is 9.59 Å². The lowest BCUT2D eigenvalue weighted by molar-refractivity contribution is -0.116. The summed E-state index contributed by atoms with van der Waals surface area (Å²) in [5, 5.41) is 13.0. The van der Waals surface area contributed by atoms with E-state index in [0.717, 1.165) is 16.8 Å². The highest BCUT2D eigenvalue weighted by Gasteiger charge is 2.15. The summed E-state index contributed by atoms with van der Waals surface area (Å²) < 4.78 is 3.47. The van der Waals surface area contributed by atoms with Gasteiger partial charge in [-0.15, -0.1) is 11.3 Å². The van der Waals surface area contributed by atoms with E-state index in [2.05, 4.69) is 20.7 Å². The van der Waals surface area contributed by atoms with Gasteiger partial charge in [0.15, 0.2) is 15.7 Å². The molecule has 0 unspecified atom stereocenters. The summed E-state index contributed by atoms with van der Waals surface area (Å²) in [6.07, 6.45) is 0. The lowest BCUT2D eigenvalue weighted by Crippen LogP contribution is -2.25. The van der Waals surface area contributed by atoms with Crippen LogP contribution in [-0.4, -0.2) is 31.1 Å². The third kappa shape index (κ3) is 5.41. The number of amides is 2. The van der Waals surface area contributed by atoms with Gasteiger partial charge in [0.25, 0.3) is 5.91 Å². The molecule has 0 saturated heterocycles. The molecule has 2 aromatic carbocycles. The molecular formula is C23H21ClN6O2S2. The fraction of sp³-hybridized carbons (Fsp3) is 0.174. The van der Waals surface area contributed by atoms with Crippen LogP contribution in [-0.2, 0) is 24.9 Å². The van der Waals surface area contributed by atoms with Crippen molar-refractivity contribution in [3.8, 4) is 11.3 Å². The largest absolute Gasteiger partial charge is 0.345 e. The molecule has 4 aromatic rings. The van der Waals surface area contributed by atoms with Crippen molar-refractivity contribution in [3.05, 3.63) is 80.7 Å². The average Bonchev–Trinajstić information content (AvgIpc) is 3.38. The fourth-order valence-corrected chi connectivity index (χ4v) is 4.32. The molecule has 0 spiro atoms. The summed E-state index contributed by atoms with van der Waals surface area (Å²) in [7, 11) is 1.75. The molecule has 34 heavy (non-hydrogen) atoms. The Kier molecular flexibility index (Phi) is 7.20. The summed E-state index contributed by atoms with van der Waals surface area (Å²) in [6.45, 7) is 1.98. The van der Waals surface area contributed by atoms with Crippen LogP contribution in [0.5, 0.6) is 0 Å². The van der Waals surface area contributed by atoms with Crippen molar-refractivity contribution in [1.29, 1.82) is 0 Å². The average molecular weight is 513 g/mol. The number of aromatic nitrogens is 4. The van der Waals surface area contributed by atoms with Crippen molar-refractivity contribution in [2.75, 3.05) is 5.32 Å². The van der Waals surface area contributed by atoms with Crippen molar-refractivity contribution in [3.63, 3.8) is 0 Å². The highest BCUT2D eigenvalue weighted by atomic mass is 35.5. The van der Waals surface area contributed by atoms with Crippen LogP contribution in [0.3, 0.4) is 0 Å². The second kappa shape index (κ2) is 10.3. The number of halogens is 1. The minimum atomic E-state index is -0.304. The van der Waals surface area contributed by atoms with Crippen molar-refractivity contribution in [2.24, 2.45) is 7.05 Å². The monoisotopic (exact) mass is 512 g/mol. The van der Waals surface area contributed by atoms with Crippen LogP contribution in [0.15, 0.2) is 53.9 Å². The third-order valence-corrected chi connectivity index (χ3v) is 6.61. The van der Waals surface area contributed by atoms with E-state index in [1.165, 1.54) is 16.0 Å². The van der Waals surface area contributed by atoms with Crippen LogP contribution >= 0.6 is 35.2 Å². The number of hydrogen-bond donors (Lipinski definition) is 2. The highest BCUT2D eigenvalue weighted by Crippen LogP contribution is 2.26. The summed E-state index contributed by atoms with van der Waals surface area (Å²) in [4.78, 5) is 29.5. The Morgan fingerprint density at radius 2 is 1.88 bits per heavy atom. The summed E-state index contributed by atoms with van der Waals surface area (Å²) >= 11 is 12.7. The topological polar surface area (TPSA) is 93.8 Å². The first-order chi connectivity index (χ1) is 16.3. The fourth-order valence-electron chi connectivity index (χ4n) is 3.25. The van der Waals surface area contributed by atoms with E-state index < -0.39 is 0 Å². The number of benzene rings is 2. The summed E-state index contributed by atoms with van der Waals surface area (Å²) in [6, 6.07) is 14.7. The predicted molar refractivity (Wildman–Crippen MR) is 136 cm³/mol. The number of nitrogens with one attached hydrogen (secondary N) is 2. The number of thiazole rings is 1. The van der Waals surface area contributed by atoms with Crippen LogP contribution < -0.4 is 10.6 Å². The number of aryl methyl sites for hydroxylation is 1. The molecule has 0 aliphatic rings. The Hall–Kier alpha value is -3.34. The van der Waals surface area contributed by atoms with Crippen molar-refractivity contribution in [2.45, 2.75) is 20.0 Å². The first-order valence-electron chi connectivity index (χ1n) is 10.3. The molecule has 8 nitrogen and oxygen atoms in total. The molecule has 0 saturated carbocycles. The number of hydrogen-bond acceptors (Lipinski definition) is 6. The Labute approximate surface area is 210 Å². The zero-order valence-electron chi connectivity index (χ0n) is 18.4. The number of anilines is 1. The zero-order chi connectivity index (χ0) is 24.2. The van der Waals surface area contributed by atoms with Crippen molar-refractivity contribution >= 4 is 52.1 Å². The second-order valence-electron chi connectivity index (χ2n) is 7.51. The van der Waals surface area contributed by atoms with Gasteiger partial charge < -0.3 is 15.2 Å². The molecular weight excluding hydrogens is 492 g/mol. The molecule has 2 N–H and O–H groups in total. The van der Waals surface area contributed by atoms with Gasteiger partial charge in [-0.3, -0.25) is 9.59 Å².